The molecule has 2 aromatic rings. The van der Waals surface area contributed by atoms with Gasteiger partial charge in [-0.05, 0) is 29.8 Å². The van der Waals surface area contributed by atoms with E-state index in [4.69, 9.17) is 0 Å². The Hall–Kier alpha value is -2.74. The summed E-state index contributed by atoms with van der Waals surface area (Å²) in [4.78, 5) is 36.6. The number of nitrogens with zero attached hydrogens (tertiary/aromatic N) is 1. The molecule has 0 aromatic heterocycles. The minimum atomic E-state index is -1.06. The normalized spacial score (nSPS) is 14.1. The van der Waals surface area contributed by atoms with Gasteiger partial charge < -0.3 is 5.32 Å². The molecule has 25 heavy (non-hydrogen) atoms. The molecule has 0 aliphatic carbocycles. The van der Waals surface area contributed by atoms with E-state index >= 15 is 0 Å². The van der Waals surface area contributed by atoms with Crippen LogP contribution in [0.4, 0.5) is 19.3 Å². The molecule has 1 saturated heterocycles. The second-order valence-electron chi connectivity index (χ2n) is 5.32. The standard InChI is InChI=1S/C17H12F2N2O3S/c18-13-5-4-12(7-14(13)19)20-16(23)11-3-1-2-10(6-11)8-21-15(22)9-25-17(21)24/h1-7H,8-9H2,(H,20,23). The molecule has 0 bridgehead atoms. The summed E-state index contributed by atoms with van der Waals surface area (Å²) in [6.45, 7) is 0.0803. The maximum atomic E-state index is 13.2. The van der Waals surface area contributed by atoms with Gasteiger partial charge in [-0.3, -0.25) is 19.3 Å². The van der Waals surface area contributed by atoms with Crippen LogP contribution >= 0.6 is 11.8 Å². The molecule has 1 heterocycles. The number of anilines is 1. The predicted octanol–water partition coefficient (Wildman–Crippen LogP) is 3.41. The van der Waals surface area contributed by atoms with Gasteiger partial charge >= 0.3 is 0 Å². The summed E-state index contributed by atoms with van der Waals surface area (Å²) in [6, 6.07) is 9.45. The summed E-state index contributed by atoms with van der Waals surface area (Å²) >= 11 is 0.940. The third-order valence-corrected chi connectivity index (χ3v) is 4.41. The summed E-state index contributed by atoms with van der Waals surface area (Å²) in [7, 11) is 0. The smallest absolute Gasteiger partial charge is 0.289 e. The Morgan fingerprint density at radius 1 is 1.12 bits per heavy atom. The van der Waals surface area contributed by atoms with Gasteiger partial charge in [-0.1, -0.05) is 23.9 Å². The van der Waals surface area contributed by atoms with Crippen molar-refractivity contribution in [3.63, 3.8) is 0 Å². The van der Waals surface area contributed by atoms with Gasteiger partial charge in [0.25, 0.3) is 11.1 Å². The number of halogens is 2. The lowest BCUT2D eigenvalue weighted by molar-refractivity contribution is -0.125. The Labute approximate surface area is 146 Å². The zero-order valence-corrected chi connectivity index (χ0v) is 13.6. The van der Waals surface area contributed by atoms with Gasteiger partial charge in [0.15, 0.2) is 11.6 Å². The molecule has 5 nitrogen and oxygen atoms in total. The van der Waals surface area contributed by atoms with E-state index in [1.54, 1.807) is 24.3 Å². The number of thioether (sulfide) groups is 1. The predicted molar refractivity (Wildman–Crippen MR) is 89.2 cm³/mol. The van der Waals surface area contributed by atoms with Crippen LogP contribution in [-0.2, 0) is 11.3 Å². The fourth-order valence-corrected chi connectivity index (χ4v) is 3.03. The van der Waals surface area contributed by atoms with E-state index in [0.717, 1.165) is 28.8 Å². The Balaban J connectivity index is 1.74. The monoisotopic (exact) mass is 362 g/mol. The number of benzene rings is 2. The number of hydrogen-bond donors (Lipinski definition) is 1. The first-order valence-electron chi connectivity index (χ1n) is 7.26. The molecule has 1 fully saturated rings. The Morgan fingerprint density at radius 2 is 1.92 bits per heavy atom. The minimum Gasteiger partial charge on any atom is -0.322 e. The van der Waals surface area contributed by atoms with Crippen molar-refractivity contribution >= 4 is 34.5 Å². The summed E-state index contributed by atoms with van der Waals surface area (Å²) < 4.78 is 26.1. The van der Waals surface area contributed by atoms with Gasteiger partial charge in [-0.2, -0.15) is 0 Å². The lowest BCUT2D eigenvalue weighted by atomic mass is 10.1. The molecule has 3 rings (SSSR count). The van der Waals surface area contributed by atoms with E-state index < -0.39 is 17.5 Å². The van der Waals surface area contributed by atoms with Crippen molar-refractivity contribution in [3.05, 3.63) is 65.2 Å². The molecule has 1 aliphatic rings. The number of amides is 3. The van der Waals surface area contributed by atoms with Crippen molar-refractivity contribution in [1.29, 1.82) is 0 Å². The molecular formula is C17H12F2N2O3S. The molecule has 128 valence electrons. The van der Waals surface area contributed by atoms with Gasteiger partial charge in [0.2, 0.25) is 5.91 Å². The van der Waals surface area contributed by atoms with Crippen LogP contribution in [0.25, 0.3) is 0 Å². The van der Waals surface area contributed by atoms with E-state index in [1.165, 1.54) is 6.07 Å². The first-order valence-corrected chi connectivity index (χ1v) is 8.25. The van der Waals surface area contributed by atoms with E-state index in [2.05, 4.69) is 5.32 Å². The Bertz CT molecular complexity index is 857. The first-order chi connectivity index (χ1) is 11.9. The van der Waals surface area contributed by atoms with Crippen molar-refractivity contribution in [3.8, 4) is 0 Å². The first kappa shape index (κ1) is 17.1. The van der Waals surface area contributed by atoms with Crippen LogP contribution < -0.4 is 5.32 Å². The molecule has 1 N–H and O–H groups in total. The maximum absolute atomic E-state index is 13.2. The molecule has 0 saturated carbocycles. The zero-order valence-electron chi connectivity index (χ0n) is 12.8. The van der Waals surface area contributed by atoms with Crippen molar-refractivity contribution in [2.24, 2.45) is 0 Å². The molecule has 1 aliphatic heterocycles. The molecule has 0 atom stereocenters. The third-order valence-electron chi connectivity index (χ3n) is 3.55. The Morgan fingerprint density at radius 3 is 2.60 bits per heavy atom. The fourth-order valence-electron chi connectivity index (χ4n) is 2.30. The highest BCUT2D eigenvalue weighted by molar-refractivity contribution is 8.14. The maximum Gasteiger partial charge on any atom is 0.289 e. The SMILES string of the molecule is O=C(Nc1ccc(F)c(F)c1)c1cccc(CN2C(=O)CSC2=O)c1. The molecule has 3 amide bonds. The van der Waals surface area contributed by atoms with Gasteiger partial charge in [0.1, 0.15) is 0 Å². The topological polar surface area (TPSA) is 66.5 Å². The lowest BCUT2D eigenvalue weighted by Crippen LogP contribution is -2.28. The number of rotatable bonds is 4. The second-order valence-corrected chi connectivity index (χ2v) is 6.24. The molecular weight excluding hydrogens is 350 g/mol. The third kappa shape index (κ3) is 3.85. The van der Waals surface area contributed by atoms with Crippen LogP contribution in [0.15, 0.2) is 42.5 Å². The minimum absolute atomic E-state index is 0.0803. The van der Waals surface area contributed by atoms with Crippen LogP contribution in [0.1, 0.15) is 15.9 Å². The molecule has 0 spiro atoms. The average molecular weight is 362 g/mol. The van der Waals surface area contributed by atoms with Crippen molar-refractivity contribution in [2.75, 3.05) is 11.1 Å². The second kappa shape index (κ2) is 7.02. The molecule has 0 radical (unpaired) electrons. The summed E-state index contributed by atoms with van der Waals surface area (Å²) in [5, 5.41) is 2.15. The summed E-state index contributed by atoms with van der Waals surface area (Å²) in [5.74, 6) is -2.73. The molecule has 8 heteroatoms. The van der Waals surface area contributed by atoms with E-state index in [-0.39, 0.29) is 34.7 Å². The number of imide groups is 1. The number of carbonyl (C=O) groups excluding carboxylic acids is 3. The van der Waals surface area contributed by atoms with Crippen LogP contribution in [0.2, 0.25) is 0 Å². The largest absolute Gasteiger partial charge is 0.322 e. The zero-order chi connectivity index (χ0) is 18.0. The highest BCUT2D eigenvalue weighted by atomic mass is 32.2. The fraction of sp³-hybridized carbons (Fsp3) is 0.118. The van der Waals surface area contributed by atoms with Crippen LogP contribution in [0.3, 0.4) is 0 Å². The highest BCUT2D eigenvalue weighted by Gasteiger charge is 2.29. The molecule has 2 aromatic carbocycles. The van der Waals surface area contributed by atoms with Crippen LogP contribution in [-0.4, -0.2) is 27.7 Å². The average Bonchev–Trinajstić information content (AvgIpc) is 2.90. The van der Waals surface area contributed by atoms with Gasteiger partial charge in [0.05, 0.1) is 12.3 Å². The summed E-state index contributed by atoms with van der Waals surface area (Å²) in [6.07, 6.45) is 0. The number of hydrogen-bond acceptors (Lipinski definition) is 4. The van der Waals surface area contributed by atoms with Gasteiger partial charge in [-0.15, -0.1) is 0 Å². The van der Waals surface area contributed by atoms with Crippen molar-refractivity contribution < 1.29 is 23.2 Å². The van der Waals surface area contributed by atoms with Gasteiger partial charge in [-0.25, -0.2) is 8.78 Å². The van der Waals surface area contributed by atoms with Gasteiger partial charge in [0, 0.05) is 17.3 Å². The number of carbonyl (C=O) groups is 3. The lowest BCUT2D eigenvalue weighted by Gasteiger charge is -2.13. The van der Waals surface area contributed by atoms with E-state index in [1.807, 2.05) is 0 Å². The molecule has 0 unspecified atom stereocenters. The summed E-state index contributed by atoms with van der Waals surface area (Å²) in [5.41, 5.74) is 1.01. The Kier molecular flexibility index (Phi) is 4.80. The van der Waals surface area contributed by atoms with Crippen LogP contribution in [0.5, 0.6) is 0 Å². The van der Waals surface area contributed by atoms with E-state index in [9.17, 15) is 23.2 Å². The van der Waals surface area contributed by atoms with Crippen molar-refractivity contribution in [2.45, 2.75) is 6.54 Å². The quantitative estimate of drug-likeness (QED) is 0.905. The van der Waals surface area contributed by atoms with Crippen molar-refractivity contribution in [1.82, 2.24) is 4.90 Å². The highest BCUT2D eigenvalue weighted by Crippen LogP contribution is 2.22. The van der Waals surface area contributed by atoms with E-state index in [0.29, 0.717) is 5.56 Å². The van der Waals surface area contributed by atoms with Crippen LogP contribution in [0, 0.1) is 11.6 Å². The number of nitrogens with one attached hydrogen (secondary N) is 1.